The average molecular weight is 610 g/mol. The number of benzene rings is 2. The second-order valence-electron chi connectivity index (χ2n) is 11.7. The van der Waals surface area contributed by atoms with Crippen LogP contribution in [-0.2, 0) is 10.4 Å². The highest BCUT2D eigenvalue weighted by molar-refractivity contribution is 6.34. The summed E-state index contributed by atoms with van der Waals surface area (Å²) >= 11 is 6.50. The Morgan fingerprint density at radius 2 is 1.86 bits per heavy atom. The van der Waals surface area contributed by atoms with Crippen molar-refractivity contribution in [2.45, 2.75) is 63.8 Å². The van der Waals surface area contributed by atoms with Crippen LogP contribution in [0.3, 0.4) is 0 Å². The maximum atomic E-state index is 14.0. The number of alkyl halides is 3. The smallest absolute Gasteiger partial charge is 0.430 e. The molecule has 1 unspecified atom stereocenters. The summed E-state index contributed by atoms with van der Waals surface area (Å²) in [4.78, 5) is 29.4. The van der Waals surface area contributed by atoms with Crippen LogP contribution in [0.1, 0.15) is 61.9 Å². The first-order chi connectivity index (χ1) is 19.7. The summed E-state index contributed by atoms with van der Waals surface area (Å²) in [7, 11) is 3.05. The number of rotatable bonds is 9. The molecule has 2 amide bonds. The minimum Gasteiger partial charge on any atom is -0.497 e. The molecule has 1 saturated heterocycles. The fraction of sp³-hybridized carbons (Fsp3) is 0.548. The number of carbonyl (C=O) groups excluding carboxylic acids is 2. The van der Waals surface area contributed by atoms with Gasteiger partial charge in [-0.3, -0.25) is 9.59 Å². The maximum Gasteiger partial charge on any atom is 0.430 e. The molecule has 42 heavy (non-hydrogen) atoms. The summed E-state index contributed by atoms with van der Waals surface area (Å²) < 4.78 is 46.9. The molecule has 1 saturated carbocycles. The first kappa shape index (κ1) is 31.9. The van der Waals surface area contributed by atoms with Gasteiger partial charge in [0.2, 0.25) is 0 Å². The predicted octanol–water partition coefficient (Wildman–Crippen LogP) is 5.78. The lowest BCUT2D eigenvalue weighted by molar-refractivity contribution is -0.257. The van der Waals surface area contributed by atoms with Crippen LogP contribution < -0.4 is 15.0 Å². The minimum atomic E-state index is -5.22. The summed E-state index contributed by atoms with van der Waals surface area (Å²) in [6.45, 7) is 5.50. The van der Waals surface area contributed by atoms with E-state index in [1.807, 2.05) is 26.0 Å². The molecule has 7 nitrogen and oxygen atoms in total. The molecular formula is C31H39ClF3N3O4. The van der Waals surface area contributed by atoms with E-state index in [1.54, 1.807) is 18.0 Å². The topological polar surface area (TPSA) is 82.1 Å². The van der Waals surface area contributed by atoms with Crippen molar-refractivity contribution in [1.29, 1.82) is 0 Å². The Kier molecular flexibility index (Phi) is 9.37. The Hall–Kier alpha value is -2.98. The van der Waals surface area contributed by atoms with Gasteiger partial charge in [-0.1, -0.05) is 23.7 Å². The van der Waals surface area contributed by atoms with Crippen molar-refractivity contribution in [1.82, 2.24) is 10.2 Å². The van der Waals surface area contributed by atoms with E-state index in [9.17, 15) is 27.9 Å². The number of nitrogens with one attached hydrogen (secondary N) is 1. The van der Waals surface area contributed by atoms with E-state index < -0.39 is 23.2 Å². The summed E-state index contributed by atoms with van der Waals surface area (Å²) in [6.07, 6.45) is -0.879. The van der Waals surface area contributed by atoms with Crippen molar-refractivity contribution in [3.8, 4) is 5.75 Å². The quantitative estimate of drug-likeness (QED) is 0.377. The highest BCUT2D eigenvalue weighted by Gasteiger charge is 2.61. The summed E-state index contributed by atoms with van der Waals surface area (Å²) in [5, 5.41) is 13.4. The highest BCUT2D eigenvalue weighted by Crippen LogP contribution is 2.55. The van der Waals surface area contributed by atoms with Crippen LogP contribution >= 0.6 is 11.6 Å². The number of hydrogen-bond donors (Lipinski definition) is 2. The molecule has 11 heteroatoms. The third-order valence-electron chi connectivity index (χ3n) is 9.26. The van der Waals surface area contributed by atoms with Crippen molar-refractivity contribution in [2.24, 2.45) is 11.3 Å². The molecule has 2 N–H and O–H groups in total. The summed E-state index contributed by atoms with van der Waals surface area (Å²) in [5.41, 5.74) is -2.78. The van der Waals surface area contributed by atoms with E-state index in [1.165, 1.54) is 19.2 Å². The van der Waals surface area contributed by atoms with E-state index in [4.69, 9.17) is 16.3 Å². The number of anilines is 1. The van der Waals surface area contributed by atoms with E-state index >= 15 is 0 Å². The number of amides is 2. The average Bonchev–Trinajstić information content (AvgIpc) is 2.96. The molecule has 1 aliphatic heterocycles. The molecule has 0 aromatic heterocycles. The van der Waals surface area contributed by atoms with Gasteiger partial charge in [0.05, 0.1) is 17.7 Å². The number of ether oxygens (including phenoxy) is 1. The number of nitrogens with zero attached hydrogens (tertiary/aromatic N) is 2. The standard InChI is InChI=1S/C31H39ClF3N3O4/c1-20(2)37(3)27(39)25-9-8-23(19-26(25)32)38-16-13-29(14-17-38)12-10-21(29)11-15-36-28(40)30(41,31(33,34)35)22-6-5-7-24(18-22)42-4/h5-9,18-21,41H,10-17H2,1-4H3,(H,36,40)/t21-,30?/m1/s1. The van der Waals surface area contributed by atoms with Crippen molar-refractivity contribution >= 4 is 29.1 Å². The first-order valence-electron chi connectivity index (χ1n) is 14.3. The Balaban J connectivity index is 1.34. The molecule has 230 valence electrons. The Morgan fingerprint density at radius 3 is 2.40 bits per heavy atom. The third kappa shape index (κ3) is 6.06. The molecule has 0 bridgehead atoms. The van der Waals surface area contributed by atoms with Crippen molar-refractivity contribution in [2.75, 3.05) is 38.7 Å². The number of carbonyl (C=O) groups is 2. The maximum absolute atomic E-state index is 14.0. The second-order valence-corrected chi connectivity index (χ2v) is 12.2. The Labute approximate surface area is 250 Å². The van der Waals surface area contributed by atoms with Crippen LogP contribution in [0, 0.1) is 11.3 Å². The zero-order valence-electron chi connectivity index (χ0n) is 24.4. The molecule has 1 aliphatic carbocycles. The lowest BCUT2D eigenvalue weighted by Gasteiger charge is -2.54. The van der Waals surface area contributed by atoms with Gasteiger partial charge in [-0.15, -0.1) is 0 Å². The first-order valence-corrected chi connectivity index (χ1v) is 14.6. The normalized spacial score (nSPS) is 19.7. The van der Waals surface area contributed by atoms with Gasteiger partial charge in [-0.25, -0.2) is 0 Å². The second kappa shape index (κ2) is 12.3. The van der Waals surface area contributed by atoms with Crippen LogP contribution in [0.15, 0.2) is 42.5 Å². The zero-order valence-corrected chi connectivity index (χ0v) is 25.2. The number of piperidine rings is 1. The fourth-order valence-corrected chi connectivity index (χ4v) is 6.39. The molecule has 4 rings (SSSR count). The van der Waals surface area contributed by atoms with Gasteiger partial charge in [0.15, 0.2) is 0 Å². The number of aliphatic hydroxyl groups is 1. The molecular weight excluding hydrogens is 571 g/mol. The van der Waals surface area contributed by atoms with Crippen molar-refractivity contribution < 1.29 is 32.6 Å². The largest absolute Gasteiger partial charge is 0.497 e. The Morgan fingerprint density at radius 1 is 1.17 bits per heavy atom. The molecule has 0 radical (unpaired) electrons. The molecule has 1 spiro atoms. The molecule has 2 aromatic rings. The molecule has 2 aromatic carbocycles. The molecule has 2 aliphatic rings. The van der Waals surface area contributed by atoms with Gasteiger partial charge < -0.3 is 25.0 Å². The van der Waals surface area contributed by atoms with Crippen LogP contribution in [0.2, 0.25) is 5.02 Å². The van der Waals surface area contributed by atoms with E-state index in [2.05, 4.69) is 10.2 Å². The summed E-state index contributed by atoms with van der Waals surface area (Å²) in [5.74, 6) is -1.24. The summed E-state index contributed by atoms with van der Waals surface area (Å²) in [6, 6.07) is 10.4. The van der Waals surface area contributed by atoms with Gasteiger partial charge in [0.1, 0.15) is 5.75 Å². The van der Waals surface area contributed by atoms with Crippen LogP contribution in [-0.4, -0.2) is 67.8 Å². The lowest BCUT2D eigenvalue weighted by atomic mass is 9.54. The van der Waals surface area contributed by atoms with Gasteiger partial charge >= 0.3 is 6.18 Å². The van der Waals surface area contributed by atoms with Gasteiger partial charge in [-0.2, -0.15) is 13.2 Å². The van der Waals surface area contributed by atoms with E-state index in [0.717, 1.165) is 56.6 Å². The van der Waals surface area contributed by atoms with Crippen LogP contribution in [0.5, 0.6) is 5.75 Å². The SMILES string of the molecule is COc1cccc(C(O)(C(=O)NCC[C@H]2CCC23CCN(c2ccc(C(=O)N(C)C(C)C)c(Cl)c2)CC3)C(F)(F)F)c1. The monoisotopic (exact) mass is 609 g/mol. The number of hydrogen-bond acceptors (Lipinski definition) is 5. The van der Waals surface area contributed by atoms with Crippen molar-refractivity contribution in [3.63, 3.8) is 0 Å². The molecule has 1 heterocycles. The number of methoxy groups -OCH3 is 1. The molecule has 2 atom stereocenters. The Bertz CT molecular complexity index is 1300. The van der Waals surface area contributed by atoms with Crippen molar-refractivity contribution in [3.05, 3.63) is 58.6 Å². The fourth-order valence-electron chi connectivity index (χ4n) is 6.13. The third-order valence-corrected chi connectivity index (χ3v) is 9.58. The number of halogens is 4. The zero-order chi connectivity index (χ0) is 30.9. The van der Waals surface area contributed by atoms with Gasteiger partial charge in [0.25, 0.3) is 17.4 Å². The van der Waals surface area contributed by atoms with Crippen LogP contribution in [0.25, 0.3) is 0 Å². The molecule has 2 fully saturated rings. The minimum absolute atomic E-state index is 0.0350. The van der Waals surface area contributed by atoms with E-state index in [-0.39, 0.29) is 35.6 Å². The lowest BCUT2D eigenvalue weighted by Crippen LogP contribution is -2.55. The van der Waals surface area contributed by atoms with Gasteiger partial charge in [0, 0.05) is 44.0 Å². The highest BCUT2D eigenvalue weighted by atomic mass is 35.5. The van der Waals surface area contributed by atoms with E-state index in [0.29, 0.717) is 17.0 Å². The van der Waals surface area contributed by atoms with Crippen LogP contribution in [0.4, 0.5) is 18.9 Å². The van der Waals surface area contributed by atoms with Gasteiger partial charge in [-0.05, 0) is 87.6 Å². The predicted molar refractivity (Wildman–Crippen MR) is 156 cm³/mol.